The molecule has 8 unspecified atom stereocenters. The second-order valence-electron chi connectivity index (χ2n) is 5.06. The first-order valence-electron chi connectivity index (χ1n) is 6.75. The number of carbonyl (C=O) groups is 1. The topological polar surface area (TPSA) is 177 Å². The summed E-state index contributed by atoms with van der Waals surface area (Å²) in [6, 6.07) is 0. The normalized spacial score (nSPS) is 34.7. The van der Waals surface area contributed by atoms with Crippen molar-refractivity contribution < 1.29 is 50.0 Å². The maximum atomic E-state index is 10.2. The third-order valence-corrected chi connectivity index (χ3v) is 3.38. The Morgan fingerprint density at radius 1 is 1.18 bits per heavy atom. The third kappa shape index (κ3) is 4.91. The fraction of sp³-hybridized carbons (Fsp3) is 0.917. The smallest absolute Gasteiger partial charge is 0.186 e. The Morgan fingerprint density at radius 3 is 2.36 bits per heavy atom. The molecule has 0 radical (unpaired) electrons. The molecule has 1 fully saturated rings. The van der Waals surface area contributed by atoms with E-state index in [1.54, 1.807) is 0 Å². The Hall–Kier alpha value is -0.690. The van der Waals surface area contributed by atoms with E-state index in [4.69, 9.17) is 14.6 Å². The van der Waals surface area contributed by atoms with E-state index >= 15 is 0 Å². The van der Waals surface area contributed by atoms with Gasteiger partial charge in [-0.1, -0.05) is 0 Å². The first-order valence-corrected chi connectivity index (χ1v) is 6.75. The molecule has 10 heteroatoms. The SMILES string of the molecule is O=CCC(O)C(O)C(O)C(O)OC1CC(O)C(O)C(CO)O1. The summed E-state index contributed by atoms with van der Waals surface area (Å²) in [5.41, 5.74) is 0. The van der Waals surface area contributed by atoms with Crippen LogP contribution in [0.4, 0.5) is 0 Å². The van der Waals surface area contributed by atoms with Crippen molar-refractivity contribution in [1.82, 2.24) is 0 Å². The lowest BCUT2D eigenvalue weighted by atomic mass is 10.0. The van der Waals surface area contributed by atoms with Gasteiger partial charge in [0.15, 0.2) is 12.6 Å². The average molecular weight is 326 g/mol. The van der Waals surface area contributed by atoms with Crippen molar-refractivity contribution in [3.63, 3.8) is 0 Å². The molecule has 0 amide bonds. The number of ether oxygens (including phenoxy) is 2. The molecular formula is C12H22O10. The molecule has 0 bridgehead atoms. The van der Waals surface area contributed by atoms with Crippen molar-refractivity contribution in [3.8, 4) is 0 Å². The maximum absolute atomic E-state index is 10.2. The molecule has 0 saturated carbocycles. The van der Waals surface area contributed by atoms with Crippen molar-refractivity contribution in [1.29, 1.82) is 0 Å². The number of carbonyl (C=O) groups excluding carboxylic acids is 1. The molecule has 1 aliphatic heterocycles. The highest BCUT2D eigenvalue weighted by Crippen LogP contribution is 2.23. The van der Waals surface area contributed by atoms with Crippen molar-refractivity contribution in [2.24, 2.45) is 0 Å². The summed E-state index contributed by atoms with van der Waals surface area (Å²) in [5.74, 6) is 0. The van der Waals surface area contributed by atoms with Crippen molar-refractivity contribution in [3.05, 3.63) is 0 Å². The predicted octanol–water partition coefficient (Wildman–Crippen LogP) is -4.18. The number of hydrogen-bond donors (Lipinski definition) is 7. The van der Waals surface area contributed by atoms with Gasteiger partial charge < -0.3 is 50.0 Å². The Kier molecular flexibility index (Phi) is 7.76. The van der Waals surface area contributed by atoms with E-state index in [1.807, 2.05) is 0 Å². The van der Waals surface area contributed by atoms with Crippen LogP contribution in [0.5, 0.6) is 0 Å². The number of aldehydes is 1. The van der Waals surface area contributed by atoms with Gasteiger partial charge in [0.2, 0.25) is 0 Å². The largest absolute Gasteiger partial charge is 0.394 e. The minimum Gasteiger partial charge on any atom is -0.394 e. The van der Waals surface area contributed by atoms with Gasteiger partial charge in [0.25, 0.3) is 0 Å². The van der Waals surface area contributed by atoms with Crippen LogP contribution in [-0.4, -0.2) is 97.8 Å². The summed E-state index contributed by atoms with van der Waals surface area (Å²) >= 11 is 0. The first-order chi connectivity index (χ1) is 10.3. The first kappa shape index (κ1) is 19.4. The predicted molar refractivity (Wildman–Crippen MR) is 68.2 cm³/mol. The Morgan fingerprint density at radius 2 is 1.82 bits per heavy atom. The summed E-state index contributed by atoms with van der Waals surface area (Å²) in [4.78, 5) is 10.2. The molecule has 10 nitrogen and oxygen atoms in total. The van der Waals surface area contributed by atoms with E-state index in [0.717, 1.165) is 0 Å². The summed E-state index contributed by atoms with van der Waals surface area (Å²) < 4.78 is 9.97. The molecule has 0 aromatic carbocycles. The van der Waals surface area contributed by atoms with Gasteiger partial charge in [0, 0.05) is 12.8 Å². The van der Waals surface area contributed by atoms with Crippen LogP contribution in [0.2, 0.25) is 0 Å². The molecule has 7 N–H and O–H groups in total. The van der Waals surface area contributed by atoms with Crippen molar-refractivity contribution in [2.45, 2.75) is 62.0 Å². The molecule has 0 aromatic rings. The standard InChI is InChI=1S/C12H22O10/c13-2-1-5(15)10(18)11(19)12(20)22-8-3-6(16)9(17)7(4-14)21-8/h2,5-12,14-20H,1,3-4H2. The third-order valence-electron chi connectivity index (χ3n) is 3.38. The molecule has 0 aromatic heterocycles. The number of hydrogen-bond acceptors (Lipinski definition) is 10. The van der Waals surface area contributed by atoms with Crippen molar-refractivity contribution in [2.75, 3.05) is 6.61 Å². The lowest BCUT2D eigenvalue weighted by molar-refractivity contribution is -0.316. The Balaban J connectivity index is 2.56. The van der Waals surface area contributed by atoms with Crippen LogP contribution in [-0.2, 0) is 14.3 Å². The van der Waals surface area contributed by atoms with Gasteiger partial charge in [-0.05, 0) is 0 Å². The molecule has 22 heavy (non-hydrogen) atoms. The van der Waals surface area contributed by atoms with Crippen molar-refractivity contribution >= 4 is 6.29 Å². The van der Waals surface area contributed by atoms with Gasteiger partial charge in [-0.2, -0.15) is 0 Å². The zero-order chi connectivity index (χ0) is 16.9. The van der Waals surface area contributed by atoms with E-state index in [2.05, 4.69) is 0 Å². The van der Waals surface area contributed by atoms with Gasteiger partial charge in [-0.25, -0.2) is 0 Å². The number of aliphatic hydroxyl groups excluding tert-OH is 7. The molecular weight excluding hydrogens is 304 g/mol. The molecule has 1 rings (SSSR count). The zero-order valence-electron chi connectivity index (χ0n) is 11.7. The second-order valence-corrected chi connectivity index (χ2v) is 5.06. The quantitative estimate of drug-likeness (QED) is 0.171. The fourth-order valence-electron chi connectivity index (χ4n) is 2.02. The van der Waals surface area contributed by atoms with Crippen LogP contribution < -0.4 is 0 Å². The van der Waals surface area contributed by atoms with Gasteiger partial charge in [0.1, 0.15) is 30.7 Å². The van der Waals surface area contributed by atoms with Gasteiger partial charge in [-0.3, -0.25) is 0 Å². The van der Waals surface area contributed by atoms with Gasteiger partial charge in [0.05, 0.1) is 18.8 Å². The van der Waals surface area contributed by atoms with Crippen LogP contribution in [0.15, 0.2) is 0 Å². The summed E-state index contributed by atoms with van der Waals surface area (Å²) in [6.45, 7) is -0.600. The summed E-state index contributed by atoms with van der Waals surface area (Å²) in [5, 5.41) is 66.3. The molecule has 1 aliphatic rings. The minimum absolute atomic E-state index is 0.242. The van der Waals surface area contributed by atoms with E-state index in [1.165, 1.54) is 0 Å². The van der Waals surface area contributed by atoms with E-state index in [0.29, 0.717) is 6.29 Å². The monoisotopic (exact) mass is 326 g/mol. The molecule has 130 valence electrons. The lowest BCUT2D eigenvalue weighted by Crippen LogP contribution is -2.53. The lowest BCUT2D eigenvalue weighted by Gasteiger charge is -2.37. The van der Waals surface area contributed by atoms with Gasteiger partial charge >= 0.3 is 0 Å². The highest BCUT2D eigenvalue weighted by atomic mass is 16.7. The Bertz CT molecular complexity index is 340. The highest BCUT2D eigenvalue weighted by Gasteiger charge is 2.39. The van der Waals surface area contributed by atoms with Crippen LogP contribution in [0.3, 0.4) is 0 Å². The van der Waals surface area contributed by atoms with Crippen LogP contribution in [0.25, 0.3) is 0 Å². The van der Waals surface area contributed by atoms with E-state index in [-0.39, 0.29) is 6.42 Å². The number of aliphatic hydroxyl groups is 7. The van der Waals surface area contributed by atoms with Crippen LogP contribution >= 0.6 is 0 Å². The maximum Gasteiger partial charge on any atom is 0.186 e. The van der Waals surface area contributed by atoms with E-state index in [9.17, 15) is 35.4 Å². The second kappa shape index (κ2) is 8.82. The van der Waals surface area contributed by atoms with Crippen LogP contribution in [0.1, 0.15) is 12.8 Å². The Labute approximate surface area is 126 Å². The summed E-state index contributed by atoms with van der Waals surface area (Å²) in [7, 11) is 0. The van der Waals surface area contributed by atoms with Crippen LogP contribution in [0, 0.1) is 0 Å². The molecule has 0 spiro atoms. The fourth-order valence-corrected chi connectivity index (χ4v) is 2.02. The minimum atomic E-state index is -1.98. The molecule has 1 heterocycles. The zero-order valence-corrected chi connectivity index (χ0v) is 11.7. The highest BCUT2D eigenvalue weighted by molar-refractivity contribution is 5.50. The molecule has 8 atom stereocenters. The molecule has 0 aliphatic carbocycles. The average Bonchev–Trinajstić information content (AvgIpc) is 2.49. The number of rotatable bonds is 8. The van der Waals surface area contributed by atoms with Gasteiger partial charge in [-0.15, -0.1) is 0 Å². The summed E-state index contributed by atoms with van der Waals surface area (Å²) in [6.07, 6.45) is -12.7. The molecule has 1 saturated heterocycles. The van der Waals surface area contributed by atoms with E-state index < -0.39 is 62.2 Å².